The average molecular weight is 126 g/mol. The molecule has 0 spiro atoms. The Morgan fingerprint density at radius 2 is 2.67 bits per heavy atom. The number of hydrogen-bond donors (Lipinski definition) is 0. The highest BCUT2D eigenvalue weighted by atomic mass is 16.5. The molecule has 0 saturated carbocycles. The molecule has 1 aliphatic rings. The highest BCUT2D eigenvalue weighted by Crippen LogP contribution is 2.09. The van der Waals surface area contributed by atoms with Crippen LogP contribution in [0.1, 0.15) is 13.3 Å². The van der Waals surface area contributed by atoms with Gasteiger partial charge in [0.2, 0.25) is 0 Å². The lowest BCUT2D eigenvalue weighted by molar-refractivity contribution is 0.201. The number of allylic oxidation sites excluding steroid dienone is 1. The van der Waals surface area contributed by atoms with E-state index >= 15 is 0 Å². The summed E-state index contributed by atoms with van der Waals surface area (Å²) in [5, 5.41) is 0. The summed E-state index contributed by atoms with van der Waals surface area (Å²) in [6.45, 7) is 2.67. The smallest absolute Gasteiger partial charge is 0.135 e. The van der Waals surface area contributed by atoms with Crippen LogP contribution in [-0.4, -0.2) is 6.61 Å². The molecule has 2 heteroatoms. The third-order valence-corrected chi connectivity index (χ3v) is 1.02. The van der Waals surface area contributed by atoms with Gasteiger partial charge in [-0.2, -0.15) is 0 Å². The van der Waals surface area contributed by atoms with Crippen molar-refractivity contribution in [2.24, 2.45) is 0 Å². The van der Waals surface area contributed by atoms with Crippen molar-refractivity contribution in [3.05, 3.63) is 24.4 Å². The second-order valence-electron chi connectivity index (χ2n) is 1.73. The van der Waals surface area contributed by atoms with Crippen LogP contribution in [0.5, 0.6) is 0 Å². The van der Waals surface area contributed by atoms with Gasteiger partial charge in [0, 0.05) is 6.42 Å². The molecule has 0 unspecified atom stereocenters. The van der Waals surface area contributed by atoms with Crippen molar-refractivity contribution < 1.29 is 9.47 Å². The predicted molar refractivity (Wildman–Crippen MR) is 34.6 cm³/mol. The Morgan fingerprint density at radius 1 is 1.78 bits per heavy atom. The number of ether oxygens (including phenoxy) is 2. The maximum Gasteiger partial charge on any atom is 0.135 e. The summed E-state index contributed by atoms with van der Waals surface area (Å²) in [6.07, 6.45) is 6.06. The standard InChI is InChI=1S/C7H10O2/c1-2-9-7-4-3-5-8-6-7/h3,5-6H,2,4H2,1H3. The van der Waals surface area contributed by atoms with Gasteiger partial charge in [-0.3, -0.25) is 0 Å². The van der Waals surface area contributed by atoms with Crippen molar-refractivity contribution in [1.29, 1.82) is 0 Å². The molecule has 0 aromatic carbocycles. The first-order chi connectivity index (χ1) is 4.43. The summed E-state index contributed by atoms with van der Waals surface area (Å²) in [5.74, 6) is 0.903. The van der Waals surface area contributed by atoms with E-state index in [2.05, 4.69) is 0 Å². The van der Waals surface area contributed by atoms with Crippen LogP contribution in [0.15, 0.2) is 24.4 Å². The molecule has 0 saturated heterocycles. The Bertz CT molecular complexity index is 136. The molecule has 50 valence electrons. The Hall–Kier alpha value is -0.920. The fraction of sp³-hybridized carbons (Fsp3) is 0.429. The van der Waals surface area contributed by atoms with Crippen LogP contribution in [0.25, 0.3) is 0 Å². The van der Waals surface area contributed by atoms with E-state index in [4.69, 9.17) is 9.47 Å². The van der Waals surface area contributed by atoms with Gasteiger partial charge < -0.3 is 9.47 Å². The molecular formula is C7H10O2. The van der Waals surface area contributed by atoms with Crippen LogP contribution in [0.4, 0.5) is 0 Å². The summed E-state index contributed by atoms with van der Waals surface area (Å²) >= 11 is 0. The minimum absolute atomic E-state index is 0.711. The zero-order valence-electron chi connectivity index (χ0n) is 5.46. The number of hydrogen-bond acceptors (Lipinski definition) is 2. The van der Waals surface area contributed by atoms with Crippen LogP contribution in [0, 0.1) is 0 Å². The Morgan fingerprint density at radius 3 is 3.22 bits per heavy atom. The second-order valence-corrected chi connectivity index (χ2v) is 1.73. The maximum atomic E-state index is 5.17. The predicted octanol–water partition coefficient (Wildman–Crippen LogP) is 1.80. The molecule has 0 bridgehead atoms. The van der Waals surface area contributed by atoms with E-state index in [9.17, 15) is 0 Å². The molecule has 0 N–H and O–H groups in total. The second kappa shape index (κ2) is 3.17. The SMILES string of the molecule is CCOC1=COC=CC1. The molecule has 1 rings (SSSR count). The molecule has 0 amide bonds. The van der Waals surface area contributed by atoms with Crippen molar-refractivity contribution in [1.82, 2.24) is 0 Å². The van der Waals surface area contributed by atoms with Crippen LogP contribution >= 0.6 is 0 Å². The van der Waals surface area contributed by atoms with E-state index < -0.39 is 0 Å². The minimum Gasteiger partial charge on any atom is -0.495 e. The van der Waals surface area contributed by atoms with E-state index in [0.717, 1.165) is 12.2 Å². The lowest BCUT2D eigenvalue weighted by Gasteiger charge is -2.07. The monoisotopic (exact) mass is 126 g/mol. The molecule has 0 radical (unpaired) electrons. The maximum absolute atomic E-state index is 5.17. The zero-order chi connectivity index (χ0) is 6.53. The summed E-state index contributed by atoms with van der Waals surface area (Å²) in [6, 6.07) is 0. The van der Waals surface area contributed by atoms with Crippen molar-refractivity contribution >= 4 is 0 Å². The summed E-state index contributed by atoms with van der Waals surface area (Å²) in [4.78, 5) is 0. The Labute approximate surface area is 54.8 Å². The third kappa shape index (κ3) is 1.80. The minimum atomic E-state index is 0.711. The van der Waals surface area contributed by atoms with Gasteiger partial charge >= 0.3 is 0 Å². The van der Waals surface area contributed by atoms with Crippen molar-refractivity contribution in [2.75, 3.05) is 6.61 Å². The molecule has 2 nitrogen and oxygen atoms in total. The van der Waals surface area contributed by atoms with E-state index in [1.807, 2.05) is 13.0 Å². The molecular weight excluding hydrogens is 116 g/mol. The lowest BCUT2D eigenvalue weighted by atomic mass is 10.3. The van der Waals surface area contributed by atoms with Gasteiger partial charge in [0.25, 0.3) is 0 Å². The first-order valence-corrected chi connectivity index (χ1v) is 3.06. The van der Waals surface area contributed by atoms with Crippen LogP contribution in [-0.2, 0) is 9.47 Å². The largest absolute Gasteiger partial charge is 0.495 e. The van der Waals surface area contributed by atoms with Gasteiger partial charge in [-0.25, -0.2) is 0 Å². The van der Waals surface area contributed by atoms with Gasteiger partial charge in [0.1, 0.15) is 12.0 Å². The normalized spacial score (nSPS) is 16.3. The molecule has 1 heterocycles. The van der Waals surface area contributed by atoms with Gasteiger partial charge in [-0.05, 0) is 13.0 Å². The molecule has 0 aromatic rings. The third-order valence-electron chi connectivity index (χ3n) is 1.02. The summed E-state index contributed by atoms with van der Waals surface area (Å²) in [7, 11) is 0. The highest BCUT2D eigenvalue weighted by Gasteiger charge is 1.97. The molecule has 0 atom stereocenters. The van der Waals surface area contributed by atoms with Crippen LogP contribution in [0.2, 0.25) is 0 Å². The first kappa shape index (κ1) is 6.20. The Balaban J connectivity index is 2.32. The number of rotatable bonds is 2. The van der Waals surface area contributed by atoms with Crippen molar-refractivity contribution in [3.8, 4) is 0 Å². The quantitative estimate of drug-likeness (QED) is 0.561. The van der Waals surface area contributed by atoms with Crippen molar-refractivity contribution in [3.63, 3.8) is 0 Å². The van der Waals surface area contributed by atoms with Crippen LogP contribution in [0.3, 0.4) is 0 Å². The first-order valence-electron chi connectivity index (χ1n) is 3.06. The van der Waals surface area contributed by atoms with E-state index in [-0.39, 0.29) is 0 Å². The highest BCUT2D eigenvalue weighted by molar-refractivity contribution is 5.00. The molecule has 0 aromatic heterocycles. The topological polar surface area (TPSA) is 18.5 Å². The van der Waals surface area contributed by atoms with Gasteiger partial charge in [-0.15, -0.1) is 0 Å². The van der Waals surface area contributed by atoms with Gasteiger partial charge in [-0.1, -0.05) is 0 Å². The fourth-order valence-electron chi connectivity index (χ4n) is 0.661. The zero-order valence-corrected chi connectivity index (χ0v) is 5.46. The fourth-order valence-corrected chi connectivity index (χ4v) is 0.661. The lowest BCUT2D eigenvalue weighted by Crippen LogP contribution is -1.93. The summed E-state index contributed by atoms with van der Waals surface area (Å²) in [5.41, 5.74) is 0. The Kier molecular flexibility index (Phi) is 2.19. The molecule has 9 heavy (non-hydrogen) atoms. The van der Waals surface area contributed by atoms with E-state index in [1.165, 1.54) is 0 Å². The summed E-state index contributed by atoms with van der Waals surface area (Å²) < 4.78 is 10.0. The average Bonchev–Trinajstić information content (AvgIpc) is 1.91. The molecule has 0 aliphatic carbocycles. The van der Waals surface area contributed by atoms with E-state index in [1.54, 1.807) is 12.5 Å². The molecule has 0 fully saturated rings. The van der Waals surface area contributed by atoms with Gasteiger partial charge in [0.15, 0.2) is 0 Å². The van der Waals surface area contributed by atoms with Gasteiger partial charge in [0.05, 0.1) is 12.9 Å². The van der Waals surface area contributed by atoms with Crippen molar-refractivity contribution in [2.45, 2.75) is 13.3 Å². The van der Waals surface area contributed by atoms with E-state index in [0.29, 0.717) is 6.61 Å². The van der Waals surface area contributed by atoms with Crippen LogP contribution < -0.4 is 0 Å². The molecule has 1 aliphatic heterocycles.